The summed E-state index contributed by atoms with van der Waals surface area (Å²) < 4.78 is 0. The van der Waals surface area contributed by atoms with Crippen LogP contribution in [0.15, 0.2) is 24.3 Å². The Morgan fingerprint density at radius 3 is 2.71 bits per heavy atom. The zero-order chi connectivity index (χ0) is 14.7. The van der Waals surface area contributed by atoms with Crippen molar-refractivity contribution < 1.29 is 4.79 Å². The first kappa shape index (κ1) is 13.8. The molecule has 0 unspecified atom stereocenters. The molecular formula is C15H19N5O. The van der Waals surface area contributed by atoms with Gasteiger partial charge in [0, 0.05) is 37.0 Å². The summed E-state index contributed by atoms with van der Waals surface area (Å²) in [5.74, 6) is 0.766. The highest BCUT2D eigenvalue weighted by atomic mass is 16.2. The number of hydrogen-bond donors (Lipinski definition) is 2. The number of carbonyl (C=O) groups is 1. The van der Waals surface area contributed by atoms with Crippen LogP contribution in [0.4, 0.5) is 5.82 Å². The van der Waals surface area contributed by atoms with Crippen molar-refractivity contribution in [1.82, 2.24) is 20.4 Å². The van der Waals surface area contributed by atoms with Crippen LogP contribution in [-0.4, -0.2) is 53.7 Å². The lowest BCUT2D eigenvalue weighted by molar-refractivity contribution is -0.129. The van der Waals surface area contributed by atoms with Gasteiger partial charge in [-0.25, -0.2) is 0 Å². The minimum Gasteiger partial charge on any atom is -0.359 e. The van der Waals surface area contributed by atoms with Gasteiger partial charge in [-0.05, 0) is 6.92 Å². The van der Waals surface area contributed by atoms with E-state index in [0.29, 0.717) is 5.82 Å². The number of rotatable bonds is 3. The van der Waals surface area contributed by atoms with Crippen LogP contribution in [-0.2, 0) is 4.79 Å². The average molecular weight is 285 g/mol. The van der Waals surface area contributed by atoms with Gasteiger partial charge >= 0.3 is 0 Å². The second-order valence-corrected chi connectivity index (χ2v) is 5.16. The van der Waals surface area contributed by atoms with E-state index in [4.69, 9.17) is 0 Å². The monoisotopic (exact) mass is 285 g/mol. The van der Waals surface area contributed by atoms with Crippen molar-refractivity contribution in [3.63, 3.8) is 0 Å². The second-order valence-electron chi connectivity index (χ2n) is 5.16. The van der Waals surface area contributed by atoms with Gasteiger partial charge < -0.3 is 15.5 Å². The molecule has 0 saturated carbocycles. The number of piperazine rings is 1. The lowest BCUT2D eigenvalue weighted by Gasteiger charge is -2.27. The maximum absolute atomic E-state index is 12.2. The molecule has 0 atom stereocenters. The van der Waals surface area contributed by atoms with Crippen LogP contribution in [0, 0.1) is 6.92 Å². The number of anilines is 1. The number of benzene rings is 1. The number of fused-ring (bicyclic) bond motifs is 1. The molecular weight excluding hydrogens is 266 g/mol. The van der Waals surface area contributed by atoms with Crippen LogP contribution in [0.3, 0.4) is 0 Å². The highest BCUT2D eigenvalue weighted by Crippen LogP contribution is 2.21. The van der Waals surface area contributed by atoms with Gasteiger partial charge in [0.15, 0.2) is 5.82 Å². The third kappa shape index (κ3) is 2.95. The highest BCUT2D eigenvalue weighted by molar-refractivity contribution is 5.94. The third-order valence-corrected chi connectivity index (χ3v) is 3.75. The molecule has 1 aliphatic heterocycles. The van der Waals surface area contributed by atoms with Crippen molar-refractivity contribution in [2.75, 3.05) is 38.0 Å². The van der Waals surface area contributed by atoms with Crippen molar-refractivity contribution in [3.05, 3.63) is 30.0 Å². The van der Waals surface area contributed by atoms with Gasteiger partial charge in [-0.3, -0.25) is 4.79 Å². The van der Waals surface area contributed by atoms with Crippen LogP contribution in [0.2, 0.25) is 0 Å². The van der Waals surface area contributed by atoms with Gasteiger partial charge in [-0.15, -0.1) is 5.10 Å². The van der Waals surface area contributed by atoms with Gasteiger partial charge in [0.05, 0.1) is 12.2 Å². The summed E-state index contributed by atoms with van der Waals surface area (Å²) in [6.45, 7) is 5.44. The van der Waals surface area contributed by atoms with E-state index >= 15 is 0 Å². The maximum atomic E-state index is 12.2. The third-order valence-electron chi connectivity index (χ3n) is 3.75. The molecule has 2 aromatic rings. The number of aryl methyl sites for hydroxylation is 1. The number of aromatic nitrogens is 2. The van der Waals surface area contributed by atoms with E-state index in [9.17, 15) is 4.79 Å². The standard InChI is InChI=1S/C15H19N5O/c1-11-12-4-2-3-5-13(12)15(19-18-11)17-10-14(21)20-8-6-16-7-9-20/h2-5,16H,6-10H2,1H3,(H,17,19). The predicted octanol–water partition coefficient (Wildman–Crippen LogP) is 0.782. The summed E-state index contributed by atoms with van der Waals surface area (Å²) in [4.78, 5) is 14.0. The Hall–Kier alpha value is -2.21. The fraction of sp³-hybridized carbons (Fsp3) is 0.400. The van der Waals surface area contributed by atoms with Crippen molar-refractivity contribution in [2.24, 2.45) is 0 Å². The van der Waals surface area contributed by atoms with Gasteiger partial charge in [0.1, 0.15) is 0 Å². The Bertz CT molecular complexity index is 652. The Balaban J connectivity index is 1.73. The van der Waals surface area contributed by atoms with Crippen molar-refractivity contribution in [3.8, 4) is 0 Å². The molecule has 6 heteroatoms. The molecule has 0 aliphatic carbocycles. The molecule has 1 aliphatic rings. The molecule has 0 spiro atoms. The summed E-state index contributed by atoms with van der Waals surface area (Å²) >= 11 is 0. The lowest BCUT2D eigenvalue weighted by Crippen LogP contribution is -2.48. The number of carbonyl (C=O) groups excluding carboxylic acids is 1. The number of nitrogens with zero attached hydrogens (tertiary/aromatic N) is 3. The van der Waals surface area contributed by atoms with Gasteiger partial charge in [-0.2, -0.15) is 5.10 Å². The predicted molar refractivity (Wildman–Crippen MR) is 82.2 cm³/mol. The van der Waals surface area contributed by atoms with Crippen LogP contribution < -0.4 is 10.6 Å². The molecule has 1 aromatic heterocycles. The lowest BCUT2D eigenvalue weighted by atomic mass is 10.1. The van der Waals surface area contributed by atoms with Crippen LogP contribution in [0.1, 0.15) is 5.69 Å². The molecule has 1 amide bonds. The Kier molecular flexibility index (Phi) is 3.96. The van der Waals surface area contributed by atoms with Gasteiger partial charge in [-0.1, -0.05) is 24.3 Å². The van der Waals surface area contributed by atoms with E-state index in [1.807, 2.05) is 36.1 Å². The normalized spacial score (nSPS) is 15.2. The SMILES string of the molecule is Cc1nnc(NCC(=O)N2CCNCC2)c2ccccc12. The summed E-state index contributed by atoms with van der Waals surface area (Å²) in [6, 6.07) is 7.96. The summed E-state index contributed by atoms with van der Waals surface area (Å²) in [6.07, 6.45) is 0. The average Bonchev–Trinajstić information content (AvgIpc) is 2.55. The summed E-state index contributed by atoms with van der Waals surface area (Å²) in [5.41, 5.74) is 0.893. The molecule has 1 fully saturated rings. The van der Waals surface area contributed by atoms with E-state index in [1.54, 1.807) is 0 Å². The van der Waals surface area contributed by atoms with E-state index in [1.165, 1.54) is 0 Å². The first-order valence-electron chi connectivity index (χ1n) is 7.20. The summed E-state index contributed by atoms with van der Waals surface area (Å²) in [5, 5.41) is 16.8. The van der Waals surface area contributed by atoms with Crippen molar-refractivity contribution in [1.29, 1.82) is 0 Å². The number of nitrogens with one attached hydrogen (secondary N) is 2. The van der Waals surface area contributed by atoms with E-state index in [-0.39, 0.29) is 12.5 Å². The molecule has 1 saturated heterocycles. The fourth-order valence-corrected chi connectivity index (χ4v) is 2.55. The van der Waals surface area contributed by atoms with Crippen molar-refractivity contribution >= 4 is 22.5 Å². The number of hydrogen-bond acceptors (Lipinski definition) is 5. The smallest absolute Gasteiger partial charge is 0.242 e. The molecule has 6 nitrogen and oxygen atoms in total. The van der Waals surface area contributed by atoms with E-state index < -0.39 is 0 Å². The van der Waals surface area contributed by atoms with Crippen molar-refractivity contribution in [2.45, 2.75) is 6.92 Å². The minimum atomic E-state index is 0.1000. The Morgan fingerprint density at radius 2 is 1.95 bits per heavy atom. The fourth-order valence-electron chi connectivity index (χ4n) is 2.55. The molecule has 0 radical (unpaired) electrons. The first-order valence-corrected chi connectivity index (χ1v) is 7.20. The second kappa shape index (κ2) is 6.05. The number of amides is 1. The topological polar surface area (TPSA) is 70.2 Å². The molecule has 2 heterocycles. The van der Waals surface area contributed by atoms with Gasteiger partial charge in [0.2, 0.25) is 5.91 Å². The largest absolute Gasteiger partial charge is 0.359 e. The molecule has 21 heavy (non-hydrogen) atoms. The zero-order valence-electron chi connectivity index (χ0n) is 12.1. The molecule has 0 bridgehead atoms. The highest BCUT2D eigenvalue weighted by Gasteiger charge is 2.16. The Morgan fingerprint density at radius 1 is 1.24 bits per heavy atom. The molecule has 1 aromatic carbocycles. The molecule has 110 valence electrons. The quantitative estimate of drug-likeness (QED) is 0.872. The molecule has 3 rings (SSSR count). The van der Waals surface area contributed by atoms with Gasteiger partial charge in [0.25, 0.3) is 0 Å². The zero-order valence-corrected chi connectivity index (χ0v) is 12.1. The van der Waals surface area contributed by atoms with Crippen LogP contribution in [0.25, 0.3) is 10.8 Å². The van der Waals surface area contributed by atoms with Crippen LogP contribution in [0.5, 0.6) is 0 Å². The molecule has 2 N–H and O–H groups in total. The van der Waals surface area contributed by atoms with Crippen LogP contribution >= 0.6 is 0 Å². The summed E-state index contributed by atoms with van der Waals surface area (Å²) in [7, 11) is 0. The first-order chi connectivity index (χ1) is 10.3. The minimum absolute atomic E-state index is 0.1000. The maximum Gasteiger partial charge on any atom is 0.242 e. The van der Waals surface area contributed by atoms with E-state index in [2.05, 4.69) is 20.8 Å². The Labute approximate surface area is 123 Å². The van der Waals surface area contributed by atoms with E-state index in [0.717, 1.165) is 42.6 Å².